The number of aliphatic hydroxyl groups is 1. The lowest BCUT2D eigenvalue weighted by molar-refractivity contribution is 0.0545. The second kappa shape index (κ2) is 4.09. The molecule has 4 nitrogen and oxygen atoms in total. The van der Waals surface area contributed by atoms with Crippen molar-refractivity contribution in [2.45, 2.75) is 46.8 Å². The average molecular weight is 197 g/mol. The molecule has 1 atom stereocenters. The summed E-state index contributed by atoms with van der Waals surface area (Å²) in [7, 11) is 0. The van der Waals surface area contributed by atoms with E-state index in [-0.39, 0.29) is 5.41 Å². The summed E-state index contributed by atoms with van der Waals surface area (Å²) in [5, 5.41) is 17.8. The summed E-state index contributed by atoms with van der Waals surface area (Å²) in [5.41, 5.74) is 0.632. The lowest BCUT2D eigenvalue weighted by Crippen LogP contribution is -2.21. The third-order valence-electron chi connectivity index (χ3n) is 2.18. The van der Waals surface area contributed by atoms with Gasteiger partial charge in [0, 0.05) is 6.54 Å². The van der Waals surface area contributed by atoms with Gasteiger partial charge in [-0.2, -0.15) is 0 Å². The van der Waals surface area contributed by atoms with E-state index in [9.17, 15) is 5.11 Å². The lowest BCUT2D eigenvalue weighted by Gasteiger charge is -2.25. The molecule has 0 spiro atoms. The minimum absolute atomic E-state index is 0.173. The van der Waals surface area contributed by atoms with Gasteiger partial charge in [-0.25, -0.2) is 4.68 Å². The first-order valence-electron chi connectivity index (χ1n) is 5.03. The molecule has 1 N–H and O–H groups in total. The van der Waals surface area contributed by atoms with Gasteiger partial charge in [-0.05, 0) is 11.8 Å². The molecule has 1 aromatic rings. The molecule has 0 amide bonds. The van der Waals surface area contributed by atoms with Gasteiger partial charge < -0.3 is 5.11 Å². The van der Waals surface area contributed by atoms with Crippen LogP contribution in [0.4, 0.5) is 0 Å². The van der Waals surface area contributed by atoms with Crippen LogP contribution in [0.15, 0.2) is 6.20 Å². The highest BCUT2D eigenvalue weighted by Crippen LogP contribution is 2.31. The van der Waals surface area contributed by atoms with Crippen molar-refractivity contribution < 1.29 is 5.11 Å². The highest BCUT2D eigenvalue weighted by atomic mass is 16.3. The molecule has 0 aliphatic rings. The van der Waals surface area contributed by atoms with Gasteiger partial charge in [-0.1, -0.05) is 32.9 Å². The highest BCUT2D eigenvalue weighted by Gasteiger charge is 2.26. The Labute approximate surface area is 84.9 Å². The van der Waals surface area contributed by atoms with Gasteiger partial charge in [-0.15, -0.1) is 5.10 Å². The van der Waals surface area contributed by atoms with E-state index in [0.29, 0.717) is 0 Å². The number of aromatic nitrogens is 3. The zero-order valence-electron chi connectivity index (χ0n) is 9.36. The van der Waals surface area contributed by atoms with Crippen molar-refractivity contribution in [1.82, 2.24) is 15.0 Å². The van der Waals surface area contributed by atoms with E-state index < -0.39 is 6.10 Å². The minimum Gasteiger partial charge on any atom is -0.386 e. The molecule has 0 aliphatic carbocycles. The molecule has 4 heteroatoms. The Bertz CT molecular complexity index is 288. The first-order valence-corrected chi connectivity index (χ1v) is 5.03. The molecule has 80 valence electrons. The van der Waals surface area contributed by atoms with Gasteiger partial charge in [0.05, 0.1) is 11.9 Å². The number of nitrogens with zero attached hydrogens (tertiary/aromatic N) is 3. The predicted molar refractivity (Wildman–Crippen MR) is 54.7 cm³/mol. The van der Waals surface area contributed by atoms with Crippen molar-refractivity contribution >= 4 is 0 Å². The summed E-state index contributed by atoms with van der Waals surface area (Å²) in [6.45, 7) is 8.89. The molecule has 1 aromatic heterocycles. The summed E-state index contributed by atoms with van der Waals surface area (Å²) in [5.74, 6) is 0. The van der Waals surface area contributed by atoms with Crippen molar-refractivity contribution in [2.75, 3.05) is 0 Å². The van der Waals surface area contributed by atoms with Crippen molar-refractivity contribution in [3.8, 4) is 0 Å². The standard InChI is InChI=1S/C10H19N3O/c1-5-6-13-8(7-11-12-13)9(14)10(2,3)4/h7,9,14H,5-6H2,1-4H3. The molecule has 0 saturated carbocycles. The maximum Gasteiger partial charge on any atom is 0.102 e. The number of aryl methyl sites for hydroxylation is 1. The zero-order valence-corrected chi connectivity index (χ0v) is 9.36. The first-order chi connectivity index (χ1) is 6.46. The zero-order chi connectivity index (χ0) is 10.8. The molecule has 0 radical (unpaired) electrons. The van der Waals surface area contributed by atoms with Crippen LogP contribution in [-0.2, 0) is 6.54 Å². The van der Waals surface area contributed by atoms with Gasteiger partial charge in [0.2, 0.25) is 0 Å². The molecule has 14 heavy (non-hydrogen) atoms. The summed E-state index contributed by atoms with van der Waals surface area (Å²) in [6.07, 6.45) is 2.13. The van der Waals surface area contributed by atoms with Crippen LogP contribution in [0.25, 0.3) is 0 Å². The summed E-state index contributed by atoms with van der Waals surface area (Å²) in [6, 6.07) is 0. The quantitative estimate of drug-likeness (QED) is 0.803. The maximum atomic E-state index is 10.1. The van der Waals surface area contributed by atoms with Crippen molar-refractivity contribution in [2.24, 2.45) is 5.41 Å². The molecular weight excluding hydrogens is 178 g/mol. The Hall–Kier alpha value is -0.900. The number of rotatable bonds is 3. The average Bonchev–Trinajstić information content (AvgIpc) is 2.50. The second-order valence-corrected chi connectivity index (χ2v) is 4.65. The van der Waals surface area contributed by atoms with Crippen LogP contribution in [0.1, 0.15) is 45.9 Å². The molecule has 0 aromatic carbocycles. The summed E-state index contributed by atoms with van der Waals surface area (Å²) < 4.78 is 1.77. The van der Waals surface area contributed by atoms with Crippen LogP contribution in [0.3, 0.4) is 0 Å². The fraction of sp³-hybridized carbons (Fsp3) is 0.800. The molecule has 0 bridgehead atoms. The lowest BCUT2D eigenvalue weighted by atomic mass is 9.87. The van der Waals surface area contributed by atoms with E-state index >= 15 is 0 Å². The van der Waals surface area contributed by atoms with E-state index in [1.54, 1.807) is 10.9 Å². The SMILES string of the molecule is CCCn1nncc1C(O)C(C)(C)C. The van der Waals surface area contributed by atoms with E-state index in [1.807, 2.05) is 20.8 Å². The fourth-order valence-corrected chi connectivity index (χ4v) is 1.31. The van der Waals surface area contributed by atoms with E-state index in [1.165, 1.54) is 0 Å². The largest absolute Gasteiger partial charge is 0.386 e. The summed E-state index contributed by atoms with van der Waals surface area (Å²) >= 11 is 0. The maximum absolute atomic E-state index is 10.1. The van der Waals surface area contributed by atoms with Gasteiger partial charge in [-0.3, -0.25) is 0 Å². The number of aliphatic hydroxyl groups excluding tert-OH is 1. The molecule has 0 aliphatic heterocycles. The second-order valence-electron chi connectivity index (χ2n) is 4.65. The summed E-state index contributed by atoms with van der Waals surface area (Å²) in [4.78, 5) is 0. The number of hydrogen-bond acceptors (Lipinski definition) is 3. The molecule has 1 heterocycles. The third kappa shape index (κ3) is 2.32. The van der Waals surface area contributed by atoms with Gasteiger partial charge in [0.15, 0.2) is 0 Å². The molecule has 1 rings (SSSR count). The van der Waals surface area contributed by atoms with E-state index in [2.05, 4.69) is 17.2 Å². The van der Waals surface area contributed by atoms with Gasteiger partial charge in [0.25, 0.3) is 0 Å². The Kier molecular flexibility index (Phi) is 3.26. The van der Waals surface area contributed by atoms with Crippen molar-refractivity contribution in [3.63, 3.8) is 0 Å². The Morgan fingerprint density at radius 1 is 1.50 bits per heavy atom. The van der Waals surface area contributed by atoms with Crippen LogP contribution in [0, 0.1) is 5.41 Å². The van der Waals surface area contributed by atoms with Crippen LogP contribution in [0.2, 0.25) is 0 Å². The number of hydrogen-bond donors (Lipinski definition) is 1. The monoisotopic (exact) mass is 197 g/mol. The normalized spacial score (nSPS) is 14.4. The Morgan fingerprint density at radius 3 is 2.64 bits per heavy atom. The molecule has 0 fully saturated rings. The van der Waals surface area contributed by atoms with Crippen LogP contribution in [0.5, 0.6) is 0 Å². The topological polar surface area (TPSA) is 50.9 Å². The molecule has 0 saturated heterocycles. The van der Waals surface area contributed by atoms with Crippen molar-refractivity contribution in [3.05, 3.63) is 11.9 Å². The smallest absolute Gasteiger partial charge is 0.102 e. The first kappa shape index (κ1) is 11.2. The van der Waals surface area contributed by atoms with E-state index in [0.717, 1.165) is 18.7 Å². The van der Waals surface area contributed by atoms with Crippen LogP contribution < -0.4 is 0 Å². The van der Waals surface area contributed by atoms with Gasteiger partial charge >= 0.3 is 0 Å². The molecule has 1 unspecified atom stereocenters. The minimum atomic E-state index is -0.510. The van der Waals surface area contributed by atoms with Crippen LogP contribution >= 0.6 is 0 Å². The Balaban J connectivity index is 2.89. The van der Waals surface area contributed by atoms with Gasteiger partial charge in [0.1, 0.15) is 6.10 Å². The predicted octanol–water partition coefficient (Wildman–Crippen LogP) is 1.77. The highest BCUT2D eigenvalue weighted by molar-refractivity contribution is 5.02. The van der Waals surface area contributed by atoms with E-state index in [4.69, 9.17) is 0 Å². The van der Waals surface area contributed by atoms with Crippen LogP contribution in [-0.4, -0.2) is 20.1 Å². The Morgan fingerprint density at radius 2 is 2.14 bits per heavy atom. The van der Waals surface area contributed by atoms with Crippen molar-refractivity contribution in [1.29, 1.82) is 0 Å². The fourth-order valence-electron chi connectivity index (χ4n) is 1.31. The third-order valence-corrected chi connectivity index (χ3v) is 2.18. The molecular formula is C10H19N3O.